The molecule has 0 saturated carbocycles. The number of carbonyl (C=O) groups excluding carboxylic acids is 1. The summed E-state index contributed by atoms with van der Waals surface area (Å²) in [6.45, 7) is 4.12. The monoisotopic (exact) mass is 253 g/mol. The first-order valence-corrected chi connectivity index (χ1v) is 6.14. The lowest BCUT2D eigenvalue weighted by atomic mass is 10.1. The maximum Gasteiger partial charge on any atom is 0.339 e. The van der Waals surface area contributed by atoms with E-state index in [0.717, 1.165) is 24.3 Å². The number of anilines is 1. The van der Waals surface area contributed by atoms with Crippen LogP contribution in [0.5, 0.6) is 0 Å². The molecule has 4 heteroatoms. The van der Waals surface area contributed by atoms with E-state index in [0.29, 0.717) is 10.6 Å². The molecule has 1 fully saturated rings. The number of ether oxygens (including phenoxy) is 1. The van der Waals surface area contributed by atoms with Crippen molar-refractivity contribution in [2.45, 2.75) is 19.8 Å². The van der Waals surface area contributed by atoms with Crippen LogP contribution in [0.2, 0.25) is 5.02 Å². The van der Waals surface area contributed by atoms with Crippen LogP contribution < -0.4 is 4.90 Å². The summed E-state index contributed by atoms with van der Waals surface area (Å²) >= 11 is 6.13. The number of nitrogens with zero attached hydrogens (tertiary/aromatic N) is 1. The fourth-order valence-electron chi connectivity index (χ4n) is 2.24. The van der Waals surface area contributed by atoms with E-state index in [1.165, 1.54) is 20.0 Å². The first-order valence-electron chi connectivity index (χ1n) is 5.77. The highest BCUT2D eigenvalue weighted by molar-refractivity contribution is 6.34. The van der Waals surface area contributed by atoms with Gasteiger partial charge in [-0.3, -0.25) is 0 Å². The Morgan fingerprint density at radius 2 is 2.00 bits per heavy atom. The number of rotatable bonds is 2. The fraction of sp³-hybridized carbons (Fsp3) is 0.462. The molecule has 1 aromatic rings. The second kappa shape index (κ2) is 4.96. The predicted molar refractivity (Wildman–Crippen MR) is 69.0 cm³/mol. The highest BCUT2D eigenvalue weighted by Gasteiger charge is 2.18. The van der Waals surface area contributed by atoms with Crippen LogP contribution in [0.1, 0.15) is 28.8 Å². The third-order valence-corrected chi connectivity index (χ3v) is 3.45. The number of aryl methyl sites for hydroxylation is 1. The minimum Gasteiger partial charge on any atom is -0.465 e. The van der Waals surface area contributed by atoms with E-state index in [-0.39, 0.29) is 5.97 Å². The summed E-state index contributed by atoms with van der Waals surface area (Å²) in [4.78, 5) is 13.8. The molecule has 1 aliphatic heterocycles. The number of carbonyl (C=O) groups is 1. The van der Waals surface area contributed by atoms with Crippen LogP contribution in [0.4, 0.5) is 5.69 Å². The Balaban J connectivity index is 2.37. The predicted octanol–water partition coefficient (Wildman–Crippen LogP) is 3.04. The SMILES string of the molecule is COC(=O)c1cc(C)c(N2CCCC2)cc1Cl. The van der Waals surface area contributed by atoms with Gasteiger partial charge in [0.15, 0.2) is 0 Å². The average molecular weight is 254 g/mol. The van der Waals surface area contributed by atoms with E-state index in [2.05, 4.69) is 4.90 Å². The molecule has 1 heterocycles. The highest BCUT2D eigenvalue weighted by atomic mass is 35.5. The number of hydrogen-bond donors (Lipinski definition) is 0. The van der Waals surface area contributed by atoms with Gasteiger partial charge in [0.2, 0.25) is 0 Å². The third kappa shape index (κ3) is 2.39. The Hall–Kier alpha value is -1.22. The zero-order valence-corrected chi connectivity index (χ0v) is 10.9. The number of esters is 1. The van der Waals surface area contributed by atoms with Crippen molar-refractivity contribution in [3.05, 3.63) is 28.3 Å². The van der Waals surface area contributed by atoms with Crippen LogP contribution in [-0.2, 0) is 4.74 Å². The van der Waals surface area contributed by atoms with Gasteiger partial charge in [0.1, 0.15) is 0 Å². The van der Waals surface area contributed by atoms with Crippen LogP contribution in [0.25, 0.3) is 0 Å². The lowest BCUT2D eigenvalue weighted by molar-refractivity contribution is 0.0601. The van der Waals surface area contributed by atoms with Gasteiger partial charge in [0, 0.05) is 18.8 Å². The molecule has 1 saturated heterocycles. The van der Waals surface area contributed by atoms with Crippen molar-refractivity contribution in [1.82, 2.24) is 0 Å². The van der Waals surface area contributed by atoms with Gasteiger partial charge in [0.05, 0.1) is 17.7 Å². The molecule has 0 atom stereocenters. The molecule has 2 rings (SSSR count). The number of benzene rings is 1. The van der Waals surface area contributed by atoms with Gasteiger partial charge in [-0.05, 0) is 37.5 Å². The van der Waals surface area contributed by atoms with Gasteiger partial charge in [0.25, 0.3) is 0 Å². The summed E-state index contributed by atoms with van der Waals surface area (Å²) < 4.78 is 4.70. The van der Waals surface area contributed by atoms with Crippen molar-refractivity contribution in [3.63, 3.8) is 0 Å². The number of methoxy groups -OCH3 is 1. The van der Waals surface area contributed by atoms with Gasteiger partial charge >= 0.3 is 5.97 Å². The topological polar surface area (TPSA) is 29.5 Å². The Morgan fingerprint density at radius 1 is 1.35 bits per heavy atom. The van der Waals surface area contributed by atoms with Crippen LogP contribution in [-0.4, -0.2) is 26.2 Å². The van der Waals surface area contributed by atoms with Gasteiger partial charge in [-0.1, -0.05) is 11.6 Å². The zero-order chi connectivity index (χ0) is 12.4. The summed E-state index contributed by atoms with van der Waals surface area (Å²) in [6.07, 6.45) is 2.44. The smallest absolute Gasteiger partial charge is 0.339 e. The normalized spacial score (nSPS) is 15.1. The first-order chi connectivity index (χ1) is 8.13. The molecular weight excluding hydrogens is 238 g/mol. The van der Waals surface area contributed by atoms with Crippen molar-refractivity contribution in [2.24, 2.45) is 0 Å². The van der Waals surface area contributed by atoms with Crippen molar-refractivity contribution >= 4 is 23.3 Å². The minimum atomic E-state index is -0.383. The van der Waals surface area contributed by atoms with Crippen LogP contribution in [0, 0.1) is 6.92 Å². The maximum atomic E-state index is 11.5. The molecule has 0 aromatic heterocycles. The number of hydrogen-bond acceptors (Lipinski definition) is 3. The van der Waals surface area contributed by atoms with Crippen LogP contribution >= 0.6 is 11.6 Å². The molecule has 3 nitrogen and oxygen atoms in total. The Bertz CT molecular complexity index is 439. The Morgan fingerprint density at radius 3 is 2.59 bits per heavy atom. The van der Waals surface area contributed by atoms with E-state index in [4.69, 9.17) is 16.3 Å². The second-order valence-electron chi connectivity index (χ2n) is 4.30. The molecule has 92 valence electrons. The summed E-state index contributed by atoms with van der Waals surface area (Å²) in [7, 11) is 1.36. The summed E-state index contributed by atoms with van der Waals surface area (Å²) in [5.74, 6) is -0.383. The molecule has 0 bridgehead atoms. The van der Waals surface area contributed by atoms with Gasteiger partial charge in [-0.25, -0.2) is 4.79 Å². The van der Waals surface area contributed by atoms with E-state index in [1.807, 2.05) is 19.1 Å². The maximum absolute atomic E-state index is 11.5. The molecule has 1 aromatic carbocycles. The van der Waals surface area contributed by atoms with Crippen LogP contribution in [0.3, 0.4) is 0 Å². The molecule has 17 heavy (non-hydrogen) atoms. The third-order valence-electron chi connectivity index (χ3n) is 3.14. The van der Waals surface area contributed by atoms with Gasteiger partial charge in [-0.15, -0.1) is 0 Å². The van der Waals surface area contributed by atoms with Crippen molar-refractivity contribution in [3.8, 4) is 0 Å². The Labute approximate surface area is 106 Å². The zero-order valence-electron chi connectivity index (χ0n) is 10.1. The van der Waals surface area contributed by atoms with E-state index in [1.54, 1.807) is 0 Å². The standard InChI is InChI=1S/C13H16ClNO2/c1-9-7-10(13(16)17-2)11(14)8-12(9)15-5-3-4-6-15/h7-8H,3-6H2,1-2H3. The molecule has 0 amide bonds. The average Bonchev–Trinajstić information content (AvgIpc) is 2.84. The summed E-state index contributed by atoms with van der Waals surface area (Å²) in [5, 5.41) is 0.462. The fourth-order valence-corrected chi connectivity index (χ4v) is 2.47. The second-order valence-corrected chi connectivity index (χ2v) is 4.71. The molecule has 0 N–H and O–H groups in total. The van der Waals surface area contributed by atoms with Gasteiger partial charge in [-0.2, -0.15) is 0 Å². The van der Waals surface area contributed by atoms with E-state index >= 15 is 0 Å². The van der Waals surface area contributed by atoms with Crippen molar-refractivity contribution in [1.29, 1.82) is 0 Å². The van der Waals surface area contributed by atoms with E-state index < -0.39 is 0 Å². The molecular formula is C13H16ClNO2. The minimum absolute atomic E-state index is 0.383. The van der Waals surface area contributed by atoms with Gasteiger partial charge < -0.3 is 9.64 Å². The number of halogens is 1. The largest absolute Gasteiger partial charge is 0.465 e. The molecule has 0 spiro atoms. The summed E-state index contributed by atoms with van der Waals surface area (Å²) in [6, 6.07) is 3.68. The highest BCUT2D eigenvalue weighted by Crippen LogP contribution is 2.30. The Kier molecular flexibility index (Phi) is 3.57. The molecule has 0 aliphatic carbocycles. The van der Waals surface area contributed by atoms with Crippen LogP contribution in [0.15, 0.2) is 12.1 Å². The molecule has 1 aliphatic rings. The van der Waals surface area contributed by atoms with E-state index in [9.17, 15) is 4.79 Å². The lowest BCUT2D eigenvalue weighted by Crippen LogP contribution is -2.19. The molecule has 0 unspecified atom stereocenters. The lowest BCUT2D eigenvalue weighted by Gasteiger charge is -2.21. The summed E-state index contributed by atoms with van der Waals surface area (Å²) in [5.41, 5.74) is 2.63. The van der Waals surface area contributed by atoms with Crippen molar-refractivity contribution < 1.29 is 9.53 Å². The first kappa shape index (κ1) is 12.2. The molecule has 0 radical (unpaired) electrons. The van der Waals surface area contributed by atoms with Crippen molar-refractivity contribution in [2.75, 3.05) is 25.1 Å². The quantitative estimate of drug-likeness (QED) is 0.759.